The van der Waals surface area contributed by atoms with Crippen molar-refractivity contribution in [3.63, 3.8) is 0 Å². The number of aliphatic hydroxyl groups excluding tert-OH is 2. The minimum atomic E-state index is -0.926. The number of aliphatic hydroxyl groups is 2. The molecule has 0 saturated carbocycles. The van der Waals surface area contributed by atoms with Gasteiger partial charge in [0.15, 0.2) is 0 Å². The minimum Gasteiger partial charge on any atom is -0.444 e. The van der Waals surface area contributed by atoms with Gasteiger partial charge in [-0.15, -0.1) is 0 Å². The van der Waals surface area contributed by atoms with Crippen LogP contribution in [0.1, 0.15) is 105 Å². The summed E-state index contributed by atoms with van der Waals surface area (Å²) in [6.45, 7) is 7.21. The first kappa shape index (κ1) is 26.9. The molecule has 0 unspecified atom stereocenters. The number of rotatable bonds is 16. The Balaban J connectivity index is 3.75. The van der Waals surface area contributed by atoms with Crippen molar-refractivity contribution in [2.45, 2.75) is 122 Å². The van der Waals surface area contributed by atoms with Crippen LogP contribution in [0, 0.1) is 0 Å². The van der Waals surface area contributed by atoms with Gasteiger partial charge in [-0.1, -0.05) is 83.3 Å². The molecule has 0 aromatic heterocycles. The molecule has 0 radical (unpaired) electrons. The SMILES string of the molecule is CCCCCCCCCCCCC/C=C/[C@H](O)[C@H](CO)NC(=O)OC(C)(C)C. The molecule has 1 amide bonds. The Morgan fingerprint density at radius 1 is 0.964 bits per heavy atom. The summed E-state index contributed by atoms with van der Waals surface area (Å²) in [4.78, 5) is 11.7. The van der Waals surface area contributed by atoms with Crippen LogP contribution >= 0.6 is 0 Å². The molecule has 166 valence electrons. The predicted octanol–water partition coefficient (Wildman–Crippen LogP) is 5.49. The fourth-order valence-electron chi connectivity index (χ4n) is 2.99. The van der Waals surface area contributed by atoms with Crippen molar-refractivity contribution in [2.75, 3.05) is 6.61 Å². The Morgan fingerprint density at radius 3 is 1.93 bits per heavy atom. The second kappa shape index (κ2) is 16.8. The van der Waals surface area contributed by atoms with Crippen molar-refractivity contribution in [3.05, 3.63) is 12.2 Å². The number of ether oxygens (including phenoxy) is 1. The zero-order valence-electron chi connectivity index (χ0n) is 18.7. The van der Waals surface area contributed by atoms with Gasteiger partial charge in [0.2, 0.25) is 0 Å². The number of hydrogen-bond donors (Lipinski definition) is 3. The maximum Gasteiger partial charge on any atom is 0.408 e. The smallest absolute Gasteiger partial charge is 0.408 e. The zero-order valence-corrected chi connectivity index (χ0v) is 18.7. The van der Waals surface area contributed by atoms with Gasteiger partial charge in [0.05, 0.1) is 18.8 Å². The molecule has 28 heavy (non-hydrogen) atoms. The van der Waals surface area contributed by atoms with Crippen molar-refractivity contribution in [1.29, 1.82) is 0 Å². The zero-order chi connectivity index (χ0) is 21.3. The molecular weight excluding hydrogens is 354 g/mol. The average molecular weight is 400 g/mol. The highest BCUT2D eigenvalue weighted by atomic mass is 16.6. The lowest BCUT2D eigenvalue weighted by molar-refractivity contribution is 0.0405. The maximum atomic E-state index is 11.7. The molecule has 0 bridgehead atoms. The molecule has 0 aromatic carbocycles. The quantitative estimate of drug-likeness (QED) is 0.237. The third kappa shape index (κ3) is 17.1. The molecule has 0 fully saturated rings. The van der Waals surface area contributed by atoms with Crippen molar-refractivity contribution < 1.29 is 19.7 Å². The summed E-state index contributed by atoms with van der Waals surface area (Å²) < 4.78 is 5.15. The van der Waals surface area contributed by atoms with E-state index in [1.54, 1.807) is 26.8 Å². The number of alkyl carbamates (subject to hydrolysis) is 1. The fourth-order valence-corrected chi connectivity index (χ4v) is 2.99. The van der Waals surface area contributed by atoms with Gasteiger partial charge < -0.3 is 20.3 Å². The van der Waals surface area contributed by atoms with Gasteiger partial charge in [0, 0.05) is 0 Å². The first-order valence-corrected chi connectivity index (χ1v) is 11.2. The topological polar surface area (TPSA) is 78.8 Å². The highest BCUT2D eigenvalue weighted by molar-refractivity contribution is 5.68. The van der Waals surface area contributed by atoms with Gasteiger partial charge in [0.1, 0.15) is 5.60 Å². The van der Waals surface area contributed by atoms with Gasteiger partial charge in [-0.25, -0.2) is 4.79 Å². The van der Waals surface area contributed by atoms with Crippen LogP contribution in [0.4, 0.5) is 4.79 Å². The normalized spacial score (nSPS) is 14.2. The molecule has 0 saturated heterocycles. The molecular formula is C23H45NO4. The number of carbonyl (C=O) groups is 1. The van der Waals surface area contributed by atoms with Crippen LogP contribution in [-0.4, -0.2) is 40.7 Å². The third-order valence-corrected chi connectivity index (χ3v) is 4.62. The molecule has 0 aliphatic carbocycles. The molecule has 0 heterocycles. The van der Waals surface area contributed by atoms with Crippen LogP contribution in [0.25, 0.3) is 0 Å². The van der Waals surface area contributed by atoms with Gasteiger partial charge in [-0.2, -0.15) is 0 Å². The second-order valence-corrected chi connectivity index (χ2v) is 8.68. The van der Waals surface area contributed by atoms with Gasteiger partial charge in [0.25, 0.3) is 0 Å². The van der Waals surface area contributed by atoms with E-state index in [0.29, 0.717) is 0 Å². The van der Waals surface area contributed by atoms with E-state index in [2.05, 4.69) is 12.2 Å². The molecule has 0 rings (SSSR count). The van der Waals surface area contributed by atoms with Crippen molar-refractivity contribution in [1.82, 2.24) is 5.32 Å². The van der Waals surface area contributed by atoms with Crippen LogP contribution in [-0.2, 0) is 4.74 Å². The number of allylic oxidation sites excluding steroid dienone is 1. The highest BCUT2D eigenvalue weighted by Gasteiger charge is 2.22. The number of nitrogens with one attached hydrogen (secondary N) is 1. The molecule has 0 aromatic rings. The van der Waals surface area contributed by atoms with Crippen LogP contribution < -0.4 is 5.32 Å². The van der Waals surface area contributed by atoms with E-state index >= 15 is 0 Å². The lowest BCUT2D eigenvalue weighted by Gasteiger charge is -2.24. The summed E-state index contributed by atoms with van der Waals surface area (Å²) in [5.41, 5.74) is -0.611. The van der Waals surface area contributed by atoms with E-state index in [1.807, 2.05) is 6.08 Å². The highest BCUT2D eigenvalue weighted by Crippen LogP contribution is 2.12. The summed E-state index contributed by atoms with van der Waals surface area (Å²) in [6.07, 6.45) is 17.3. The van der Waals surface area contributed by atoms with Crippen LogP contribution in [0.15, 0.2) is 12.2 Å². The first-order valence-electron chi connectivity index (χ1n) is 11.2. The molecule has 0 aliphatic rings. The van der Waals surface area contributed by atoms with E-state index in [4.69, 9.17) is 4.74 Å². The number of hydrogen-bond acceptors (Lipinski definition) is 4. The minimum absolute atomic E-state index is 0.344. The fraction of sp³-hybridized carbons (Fsp3) is 0.870. The predicted molar refractivity (Wildman–Crippen MR) is 116 cm³/mol. The van der Waals surface area contributed by atoms with Crippen molar-refractivity contribution >= 4 is 6.09 Å². The van der Waals surface area contributed by atoms with E-state index in [1.165, 1.54) is 64.2 Å². The number of amides is 1. The lowest BCUT2D eigenvalue weighted by atomic mass is 10.0. The molecule has 5 nitrogen and oxygen atoms in total. The van der Waals surface area contributed by atoms with Crippen molar-refractivity contribution in [3.8, 4) is 0 Å². The monoisotopic (exact) mass is 399 g/mol. The van der Waals surface area contributed by atoms with E-state index in [0.717, 1.165) is 12.8 Å². The van der Waals surface area contributed by atoms with Gasteiger partial charge >= 0.3 is 6.09 Å². The Labute approximate surface area is 172 Å². The Hall–Kier alpha value is -1.07. The lowest BCUT2D eigenvalue weighted by Crippen LogP contribution is -2.47. The summed E-state index contributed by atoms with van der Waals surface area (Å²) >= 11 is 0. The number of unbranched alkanes of at least 4 members (excludes halogenated alkanes) is 11. The average Bonchev–Trinajstić information content (AvgIpc) is 2.61. The van der Waals surface area contributed by atoms with Gasteiger partial charge in [-0.3, -0.25) is 0 Å². The van der Waals surface area contributed by atoms with E-state index < -0.39 is 23.8 Å². The van der Waals surface area contributed by atoms with Crippen LogP contribution in [0.5, 0.6) is 0 Å². The summed E-state index contributed by atoms with van der Waals surface area (Å²) in [6, 6.07) is -0.761. The Bertz CT molecular complexity index is 404. The van der Waals surface area contributed by atoms with Crippen LogP contribution in [0.3, 0.4) is 0 Å². The Kier molecular flexibility index (Phi) is 16.2. The molecule has 2 atom stereocenters. The van der Waals surface area contributed by atoms with Crippen LogP contribution in [0.2, 0.25) is 0 Å². The largest absolute Gasteiger partial charge is 0.444 e. The van der Waals surface area contributed by atoms with E-state index in [9.17, 15) is 15.0 Å². The second-order valence-electron chi connectivity index (χ2n) is 8.68. The standard InChI is InChI=1S/C23H45NO4/c1-5-6-7-8-9-10-11-12-13-14-15-16-17-18-21(26)20(19-25)24-22(27)28-23(2,3)4/h17-18,20-21,25-26H,5-16,19H2,1-4H3,(H,24,27)/b18-17+/t20-,21-/m0/s1. The van der Waals surface area contributed by atoms with E-state index in [-0.39, 0.29) is 6.61 Å². The maximum absolute atomic E-state index is 11.7. The molecule has 5 heteroatoms. The molecule has 0 aliphatic heterocycles. The Morgan fingerprint density at radius 2 is 1.46 bits per heavy atom. The molecule has 3 N–H and O–H groups in total. The summed E-state index contributed by atoms with van der Waals surface area (Å²) in [5.74, 6) is 0. The van der Waals surface area contributed by atoms with Crippen molar-refractivity contribution in [2.24, 2.45) is 0 Å². The van der Waals surface area contributed by atoms with Gasteiger partial charge in [-0.05, 0) is 33.6 Å². The summed E-state index contributed by atoms with van der Waals surface area (Å²) in [7, 11) is 0. The number of carbonyl (C=O) groups excluding carboxylic acids is 1. The summed E-state index contributed by atoms with van der Waals surface area (Å²) in [5, 5.41) is 22.0. The molecule has 0 spiro atoms. The third-order valence-electron chi connectivity index (χ3n) is 4.62. The first-order chi connectivity index (χ1) is 13.3.